The zero-order chi connectivity index (χ0) is 21.8. The molecule has 31 heavy (non-hydrogen) atoms. The highest BCUT2D eigenvalue weighted by atomic mass is 35.6. The Morgan fingerprint density at radius 1 is 0.871 bits per heavy atom. The predicted octanol–water partition coefficient (Wildman–Crippen LogP) is 6.56. The number of halogens is 3. The summed E-state index contributed by atoms with van der Waals surface area (Å²) in [5, 5.41) is 2.25. The van der Waals surface area contributed by atoms with Gasteiger partial charge in [0.1, 0.15) is 10.9 Å². The van der Waals surface area contributed by atoms with Crippen molar-refractivity contribution in [2.75, 3.05) is 0 Å². The van der Waals surface area contributed by atoms with Gasteiger partial charge in [0.05, 0.1) is 5.92 Å². The van der Waals surface area contributed by atoms with Crippen molar-refractivity contribution in [1.29, 1.82) is 0 Å². The molecule has 0 saturated carbocycles. The third-order valence-electron chi connectivity index (χ3n) is 4.59. The number of hydrogen-bond acceptors (Lipinski definition) is 4. The molecule has 0 fully saturated rings. The zero-order valence-electron chi connectivity index (χ0n) is 16.0. The van der Waals surface area contributed by atoms with Gasteiger partial charge >= 0.3 is 0 Å². The van der Waals surface area contributed by atoms with Gasteiger partial charge in [-0.1, -0.05) is 108 Å². The van der Waals surface area contributed by atoms with Gasteiger partial charge in [0.25, 0.3) is 5.22 Å². The van der Waals surface area contributed by atoms with Crippen molar-refractivity contribution < 1.29 is 9.21 Å². The molecule has 0 saturated heterocycles. The lowest BCUT2D eigenvalue weighted by Crippen LogP contribution is -2.43. The number of nitrogens with one attached hydrogen (secondary N) is 1. The molecule has 1 atom stereocenters. The molecule has 0 unspecified atom stereocenters. The van der Waals surface area contributed by atoms with Crippen molar-refractivity contribution in [3.8, 4) is 0 Å². The maximum Gasteiger partial charge on any atom is 0.258 e. The number of alkyl halides is 3. The number of benzene rings is 3. The second kappa shape index (κ2) is 9.53. The fourth-order valence-corrected chi connectivity index (χ4v) is 4.54. The molecule has 0 radical (unpaired) electrons. The van der Waals surface area contributed by atoms with Gasteiger partial charge in [-0.3, -0.25) is 4.79 Å². The molecule has 4 aromatic rings. The average Bonchev–Trinajstić information content (AvgIpc) is 3.17. The van der Waals surface area contributed by atoms with Crippen molar-refractivity contribution in [1.82, 2.24) is 10.3 Å². The summed E-state index contributed by atoms with van der Waals surface area (Å²) in [6.07, 6.45) is 0. The second-order valence-corrected chi connectivity index (χ2v) is 10.2. The first-order valence-corrected chi connectivity index (χ1v) is 11.4. The summed E-state index contributed by atoms with van der Waals surface area (Å²) in [7, 11) is 0. The maximum absolute atomic E-state index is 13.4. The molecule has 4 nitrogen and oxygen atoms in total. The Labute approximate surface area is 198 Å². The average molecular weight is 492 g/mol. The first-order valence-electron chi connectivity index (χ1n) is 9.41. The summed E-state index contributed by atoms with van der Waals surface area (Å²) >= 11 is 19.7. The summed E-state index contributed by atoms with van der Waals surface area (Å²) in [6, 6.07) is 26.3. The van der Waals surface area contributed by atoms with E-state index in [4.69, 9.17) is 39.2 Å². The standard InChI is InChI=1S/C23H17Cl3N2O2S/c24-23(25,26)21(31-22-27-17-13-7-8-14-18(17)30-22)28-20(29)19(15-9-3-1-4-10-15)16-11-5-2-6-12-16/h1-14,19,21H,(H,28,29)/t21-/m1/s1. The number of carbonyl (C=O) groups is 1. The first-order chi connectivity index (χ1) is 14.9. The van der Waals surface area contributed by atoms with E-state index in [9.17, 15) is 4.79 Å². The van der Waals surface area contributed by atoms with Crippen LogP contribution in [-0.4, -0.2) is 20.1 Å². The smallest absolute Gasteiger partial charge is 0.258 e. The molecule has 1 aromatic heterocycles. The number of carbonyl (C=O) groups excluding carboxylic acids is 1. The van der Waals surface area contributed by atoms with E-state index in [1.165, 1.54) is 0 Å². The normalized spacial score (nSPS) is 12.8. The molecule has 1 N–H and O–H groups in total. The molecule has 0 aliphatic heterocycles. The SMILES string of the molecule is O=C(N[C@H](Sc1nc2ccccc2o1)C(Cl)(Cl)Cl)C(c1ccccc1)c1ccccc1. The molecular weight excluding hydrogens is 475 g/mol. The molecule has 1 heterocycles. The molecule has 0 spiro atoms. The topological polar surface area (TPSA) is 55.1 Å². The van der Waals surface area contributed by atoms with E-state index in [2.05, 4.69) is 10.3 Å². The number of para-hydroxylation sites is 2. The van der Waals surface area contributed by atoms with Crippen molar-refractivity contribution in [2.24, 2.45) is 0 Å². The largest absolute Gasteiger partial charge is 0.431 e. The van der Waals surface area contributed by atoms with Gasteiger partial charge in [0.2, 0.25) is 9.70 Å². The zero-order valence-corrected chi connectivity index (χ0v) is 19.1. The molecule has 4 rings (SSSR count). The number of aromatic nitrogens is 1. The monoisotopic (exact) mass is 490 g/mol. The van der Waals surface area contributed by atoms with Crippen molar-refractivity contribution in [3.63, 3.8) is 0 Å². The van der Waals surface area contributed by atoms with E-state index in [1.54, 1.807) is 6.07 Å². The molecular formula is C23H17Cl3N2O2S. The van der Waals surface area contributed by atoms with Gasteiger partial charge < -0.3 is 9.73 Å². The van der Waals surface area contributed by atoms with Crippen LogP contribution in [0.2, 0.25) is 0 Å². The van der Waals surface area contributed by atoms with Crippen LogP contribution in [0.15, 0.2) is 94.6 Å². The van der Waals surface area contributed by atoms with Crippen molar-refractivity contribution in [2.45, 2.75) is 20.3 Å². The first kappa shape index (κ1) is 22.0. The second-order valence-electron chi connectivity index (χ2n) is 6.75. The summed E-state index contributed by atoms with van der Waals surface area (Å²) in [4.78, 5) is 17.8. The number of nitrogens with zero attached hydrogens (tertiary/aromatic N) is 1. The van der Waals surface area contributed by atoms with Crippen molar-refractivity contribution in [3.05, 3.63) is 96.1 Å². The van der Waals surface area contributed by atoms with E-state index >= 15 is 0 Å². The molecule has 0 aliphatic rings. The van der Waals surface area contributed by atoms with Gasteiger partial charge in [-0.05, 0) is 35.0 Å². The van der Waals surface area contributed by atoms with Crippen LogP contribution in [-0.2, 0) is 4.79 Å². The van der Waals surface area contributed by atoms with Crippen LogP contribution in [0.4, 0.5) is 0 Å². The van der Waals surface area contributed by atoms with Gasteiger partial charge in [0.15, 0.2) is 5.58 Å². The molecule has 0 bridgehead atoms. The van der Waals surface area contributed by atoms with Gasteiger partial charge in [-0.15, -0.1) is 0 Å². The summed E-state index contributed by atoms with van der Waals surface area (Å²) in [5.74, 6) is -0.862. The lowest BCUT2D eigenvalue weighted by atomic mass is 9.90. The minimum absolute atomic E-state index is 0.294. The van der Waals surface area contributed by atoms with Crippen LogP contribution in [0.5, 0.6) is 0 Å². The van der Waals surface area contributed by atoms with Crippen LogP contribution in [0.1, 0.15) is 17.0 Å². The highest BCUT2D eigenvalue weighted by molar-refractivity contribution is 8.00. The number of oxazole rings is 1. The fourth-order valence-electron chi connectivity index (χ4n) is 3.18. The molecule has 3 aromatic carbocycles. The third-order valence-corrected chi connectivity index (χ3v) is 6.72. The van der Waals surface area contributed by atoms with Gasteiger partial charge in [0, 0.05) is 0 Å². The van der Waals surface area contributed by atoms with Crippen molar-refractivity contribution >= 4 is 63.6 Å². The fraction of sp³-hybridized carbons (Fsp3) is 0.130. The lowest BCUT2D eigenvalue weighted by molar-refractivity contribution is -0.121. The highest BCUT2D eigenvalue weighted by Gasteiger charge is 2.38. The van der Waals surface area contributed by atoms with E-state index in [-0.39, 0.29) is 5.91 Å². The Kier molecular flexibility index (Phi) is 6.77. The van der Waals surface area contributed by atoms with Gasteiger partial charge in [-0.2, -0.15) is 0 Å². The quantitative estimate of drug-likeness (QED) is 0.188. The predicted molar refractivity (Wildman–Crippen MR) is 127 cm³/mol. The highest BCUT2D eigenvalue weighted by Crippen LogP contribution is 2.40. The minimum Gasteiger partial charge on any atom is -0.431 e. The van der Waals surface area contributed by atoms with Crippen LogP contribution in [0.25, 0.3) is 11.1 Å². The summed E-state index contributed by atoms with van der Waals surface area (Å²) in [6.45, 7) is 0. The number of fused-ring (bicyclic) bond motifs is 1. The van der Waals surface area contributed by atoms with Crippen LogP contribution in [0.3, 0.4) is 0 Å². The third kappa shape index (κ3) is 5.36. The maximum atomic E-state index is 13.4. The number of hydrogen-bond donors (Lipinski definition) is 1. The van der Waals surface area contributed by atoms with Gasteiger partial charge in [-0.25, -0.2) is 4.98 Å². The van der Waals surface area contributed by atoms with Crippen LogP contribution in [0, 0.1) is 0 Å². The van der Waals surface area contributed by atoms with E-state index in [1.807, 2.05) is 78.9 Å². The Morgan fingerprint density at radius 3 is 1.97 bits per heavy atom. The number of thioether (sulfide) groups is 1. The van der Waals surface area contributed by atoms with Crippen LogP contribution < -0.4 is 5.32 Å². The Morgan fingerprint density at radius 2 is 1.42 bits per heavy atom. The molecule has 158 valence electrons. The molecule has 1 amide bonds. The minimum atomic E-state index is -1.79. The number of rotatable bonds is 6. The summed E-state index contributed by atoms with van der Waals surface area (Å²) in [5.41, 5.74) is 2.97. The van der Waals surface area contributed by atoms with E-state index in [0.29, 0.717) is 16.3 Å². The van der Waals surface area contributed by atoms with Crippen LogP contribution >= 0.6 is 46.6 Å². The lowest BCUT2D eigenvalue weighted by Gasteiger charge is -2.26. The molecule has 8 heteroatoms. The Balaban J connectivity index is 1.62. The number of amides is 1. The molecule has 0 aliphatic carbocycles. The van der Waals surface area contributed by atoms with E-state index < -0.39 is 15.1 Å². The van der Waals surface area contributed by atoms with E-state index in [0.717, 1.165) is 22.9 Å². The summed E-state index contributed by atoms with van der Waals surface area (Å²) < 4.78 is 3.94. The Bertz CT molecular complexity index is 1090. The Hall–Kier alpha value is -2.18.